The number of benzene rings is 2. The van der Waals surface area contributed by atoms with Crippen molar-refractivity contribution in [1.82, 2.24) is 10.2 Å². The molecule has 2 aromatic rings. The highest BCUT2D eigenvalue weighted by atomic mass is 79.9. The minimum absolute atomic E-state index is 0.164. The molecule has 0 fully saturated rings. The maximum absolute atomic E-state index is 13.3. The van der Waals surface area contributed by atoms with Gasteiger partial charge in [0.25, 0.3) is 0 Å². The molecule has 31 heavy (non-hydrogen) atoms. The molecular weight excluding hydrogens is 482 g/mol. The Bertz CT molecular complexity index is 1070. The van der Waals surface area contributed by atoms with E-state index in [1.807, 2.05) is 44.2 Å². The summed E-state index contributed by atoms with van der Waals surface area (Å²) in [4.78, 5) is 27.0. The molecule has 0 aliphatic rings. The highest BCUT2D eigenvalue weighted by Gasteiger charge is 2.29. The Balaban J connectivity index is 2.40. The van der Waals surface area contributed by atoms with Gasteiger partial charge in [-0.25, -0.2) is 8.42 Å². The molecule has 1 atom stereocenters. The second-order valence-electron chi connectivity index (χ2n) is 7.48. The number of sulfonamides is 1. The predicted molar refractivity (Wildman–Crippen MR) is 126 cm³/mol. The number of hydrogen-bond acceptors (Lipinski definition) is 4. The number of carbonyl (C=O) groups is 2. The first kappa shape index (κ1) is 24.9. The molecule has 0 aliphatic heterocycles. The molecule has 1 N–H and O–H groups in total. The molecule has 0 aliphatic carbocycles. The maximum atomic E-state index is 13.3. The van der Waals surface area contributed by atoms with Crippen LogP contribution in [0.5, 0.6) is 0 Å². The molecular formula is C22H28BrN3O4S. The predicted octanol–water partition coefficient (Wildman–Crippen LogP) is 3.00. The van der Waals surface area contributed by atoms with Crippen molar-refractivity contribution in [1.29, 1.82) is 0 Å². The molecule has 2 rings (SSSR count). The minimum atomic E-state index is -3.73. The number of amides is 2. The van der Waals surface area contributed by atoms with Crippen LogP contribution in [0.15, 0.2) is 46.9 Å². The molecule has 2 amide bonds. The summed E-state index contributed by atoms with van der Waals surface area (Å²) in [6, 6.07) is 11.9. The number of aryl methyl sites for hydroxylation is 2. The minimum Gasteiger partial charge on any atom is -0.357 e. The van der Waals surface area contributed by atoms with Gasteiger partial charge in [0.05, 0.1) is 11.9 Å². The van der Waals surface area contributed by atoms with Crippen molar-refractivity contribution >= 4 is 43.5 Å². The quantitative estimate of drug-likeness (QED) is 0.592. The zero-order valence-electron chi connectivity index (χ0n) is 18.3. The second-order valence-corrected chi connectivity index (χ2v) is 10.3. The fourth-order valence-electron chi connectivity index (χ4n) is 3.12. The summed E-state index contributed by atoms with van der Waals surface area (Å²) >= 11 is 3.41. The van der Waals surface area contributed by atoms with Crippen molar-refractivity contribution in [3.8, 4) is 0 Å². The lowest BCUT2D eigenvalue weighted by atomic mass is 10.1. The van der Waals surface area contributed by atoms with Gasteiger partial charge in [-0.1, -0.05) is 34.1 Å². The molecule has 7 nitrogen and oxygen atoms in total. The maximum Gasteiger partial charge on any atom is 0.244 e. The lowest BCUT2D eigenvalue weighted by molar-refractivity contribution is -0.139. The van der Waals surface area contributed by atoms with Crippen LogP contribution >= 0.6 is 15.9 Å². The third-order valence-corrected chi connectivity index (χ3v) is 6.75. The van der Waals surface area contributed by atoms with E-state index in [0.717, 1.165) is 31.7 Å². The van der Waals surface area contributed by atoms with Crippen LogP contribution in [0.3, 0.4) is 0 Å². The lowest BCUT2D eigenvalue weighted by Crippen LogP contribution is -2.50. The van der Waals surface area contributed by atoms with Crippen molar-refractivity contribution in [3.63, 3.8) is 0 Å². The monoisotopic (exact) mass is 509 g/mol. The van der Waals surface area contributed by atoms with Gasteiger partial charge in [-0.05, 0) is 61.7 Å². The summed E-state index contributed by atoms with van der Waals surface area (Å²) in [5, 5.41) is 2.55. The average Bonchev–Trinajstić information content (AvgIpc) is 2.70. The Labute approximate surface area is 192 Å². The number of rotatable bonds is 8. The normalized spacial score (nSPS) is 12.2. The largest absolute Gasteiger partial charge is 0.357 e. The molecule has 0 saturated heterocycles. The summed E-state index contributed by atoms with van der Waals surface area (Å²) in [7, 11) is -2.23. The van der Waals surface area contributed by atoms with E-state index in [1.165, 1.54) is 11.9 Å². The molecule has 0 spiro atoms. The third-order valence-electron chi connectivity index (χ3n) is 5.11. The number of hydrogen-bond donors (Lipinski definition) is 1. The lowest BCUT2D eigenvalue weighted by Gasteiger charge is -2.31. The number of carbonyl (C=O) groups excluding carboxylic acids is 2. The molecule has 9 heteroatoms. The number of nitrogens with one attached hydrogen (secondary N) is 1. The van der Waals surface area contributed by atoms with Gasteiger partial charge in [0, 0.05) is 18.1 Å². The van der Waals surface area contributed by atoms with Crippen molar-refractivity contribution in [2.24, 2.45) is 0 Å². The van der Waals surface area contributed by atoms with Crippen LogP contribution < -0.4 is 9.62 Å². The van der Waals surface area contributed by atoms with Crippen LogP contribution in [-0.2, 0) is 26.2 Å². The summed E-state index contributed by atoms with van der Waals surface area (Å²) in [6.07, 6.45) is 1.07. The van der Waals surface area contributed by atoms with Gasteiger partial charge in [-0.15, -0.1) is 0 Å². The SMILES string of the molecule is CNC(=O)C(C)N(Cc1cccc(Br)c1)C(=O)CN(c1ccc(C)c(C)c1)S(C)(=O)=O. The van der Waals surface area contributed by atoms with E-state index in [2.05, 4.69) is 21.2 Å². The van der Waals surface area contributed by atoms with Crippen LogP contribution in [0.4, 0.5) is 5.69 Å². The number of likely N-dealkylation sites (N-methyl/N-ethyl adjacent to an activating group) is 1. The van der Waals surface area contributed by atoms with Gasteiger partial charge in [0.15, 0.2) is 0 Å². The van der Waals surface area contributed by atoms with E-state index in [1.54, 1.807) is 19.1 Å². The Morgan fingerprint density at radius 3 is 2.32 bits per heavy atom. The number of halogens is 1. The fourth-order valence-corrected chi connectivity index (χ4v) is 4.41. The smallest absolute Gasteiger partial charge is 0.244 e. The van der Waals surface area contributed by atoms with Gasteiger partial charge >= 0.3 is 0 Å². The van der Waals surface area contributed by atoms with E-state index in [-0.39, 0.29) is 12.5 Å². The van der Waals surface area contributed by atoms with E-state index >= 15 is 0 Å². The highest BCUT2D eigenvalue weighted by molar-refractivity contribution is 9.10. The molecule has 0 radical (unpaired) electrons. The van der Waals surface area contributed by atoms with Gasteiger partial charge in [-0.2, -0.15) is 0 Å². The Morgan fingerprint density at radius 1 is 1.10 bits per heavy atom. The first-order chi connectivity index (χ1) is 14.4. The Hall–Kier alpha value is -2.39. The summed E-state index contributed by atoms with van der Waals surface area (Å²) in [5.74, 6) is -0.805. The van der Waals surface area contributed by atoms with Gasteiger partial charge in [0.2, 0.25) is 21.8 Å². The van der Waals surface area contributed by atoms with Gasteiger partial charge in [0.1, 0.15) is 12.6 Å². The van der Waals surface area contributed by atoms with E-state index in [9.17, 15) is 18.0 Å². The molecule has 0 bridgehead atoms. The number of anilines is 1. The van der Waals surface area contributed by atoms with Gasteiger partial charge in [-0.3, -0.25) is 13.9 Å². The molecule has 0 aromatic heterocycles. The number of nitrogens with zero attached hydrogens (tertiary/aromatic N) is 2. The fraction of sp³-hybridized carbons (Fsp3) is 0.364. The van der Waals surface area contributed by atoms with Crippen molar-refractivity contribution < 1.29 is 18.0 Å². The van der Waals surface area contributed by atoms with Gasteiger partial charge < -0.3 is 10.2 Å². The first-order valence-electron chi connectivity index (χ1n) is 9.74. The summed E-state index contributed by atoms with van der Waals surface area (Å²) in [6.45, 7) is 5.19. The van der Waals surface area contributed by atoms with Crippen LogP contribution in [-0.4, -0.2) is 51.0 Å². The zero-order valence-corrected chi connectivity index (χ0v) is 20.7. The van der Waals surface area contributed by atoms with E-state index in [4.69, 9.17) is 0 Å². The van der Waals surface area contributed by atoms with Crippen molar-refractivity contribution in [2.75, 3.05) is 24.2 Å². The Kier molecular flexibility index (Phi) is 8.25. The van der Waals surface area contributed by atoms with Crippen LogP contribution in [0.1, 0.15) is 23.6 Å². The summed E-state index contributed by atoms with van der Waals surface area (Å²) < 4.78 is 27.0. The second kappa shape index (κ2) is 10.3. The Morgan fingerprint density at radius 2 is 1.77 bits per heavy atom. The first-order valence-corrected chi connectivity index (χ1v) is 12.4. The standard InChI is InChI=1S/C22H28BrN3O4S/c1-15-9-10-20(11-16(15)2)26(31(5,29)30)14-21(27)25(17(3)22(28)24-4)13-18-7-6-8-19(23)12-18/h6-12,17H,13-14H2,1-5H3,(H,24,28). The van der Waals surface area contributed by atoms with Crippen LogP contribution in [0, 0.1) is 13.8 Å². The zero-order chi connectivity index (χ0) is 23.3. The molecule has 1 unspecified atom stereocenters. The molecule has 2 aromatic carbocycles. The summed E-state index contributed by atoms with van der Waals surface area (Å²) in [5.41, 5.74) is 3.17. The molecule has 0 heterocycles. The van der Waals surface area contributed by atoms with Crippen molar-refractivity contribution in [3.05, 3.63) is 63.6 Å². The average molecular weight is 510 g/mol. The topological polar surface area (TPSA) is 86.8 Å². The van der Waals surface area contributed by atoms with Crippen LogP contribution in [0.25, 0.3) is 0 Å². The highest BCUT2D eigenvalue weighted by Crippen LogP contribution is 2.22. The third kappa shape index (κ3) is 6.54. The van der Waals surface area contributed by atoms with E-state index < -0.39 is 28.5 Å². The molecule has 0 saturated carbocycles. The van der Waals surface area contributed by atoms with E-state index in [0.29, 0.717) is 5.69 Å². The molecule has 168 valence electrons. The van der Waals surface area contributed by atoms with Crippen LogP contribution in [0.2, 0.25) is 0 Å². The van der Waals surface area contributed by atoms with Crippen molar-refractivity contribution in [2.45, 2.75) is 33.4 Å².